The van der Waals surface area contributed by atoms with E-state index in [0.717, 1.165) is 16.3 Å². The number of amides is 1. The van der Waals surface area contributed by atoms with Crippen molar-refractivity contribution >= 4 is 15.9 Å². The van der Waals surface area contributed by atoms with E-state index in [1.165, 1.54) is 18.0 Å². The summed E-state index contributed by atoms with van der Waals surface area (Å²) in [5.41, 5.74) is 6.70. The molecule has 0 heterocycles. The van der Waals surface area contributed by atoms with Gasteiger partial charge in [0.05, 0.1) is 11.4 Å². The monoisotopic (exact) mass is 313 g/mol. The molecule has 1 rings (SSSR count). The number of hydrogen-bond acceptors (Lipinski definition) is 4. The van der Waals surface area contributed by atoms with Gasteiger partial charge in [-0.3, -0.25) is 4.79 Å². The first-order chi connectivity index (χ1) is 9.70. The number of rotatable bonds is 6. The van der Waals surface area contributed by atoms with Crippen LogP contribution in [-0.4, -0.2) is 51.2 Å². The molecule has 0 radical (unpaired) electrons. The standard InChI is InChI=1S/C14H23N3O3S/c1-5-13(15)11-7-6-8-12(9-11)21(19,20)17(4)10-14(18)16(2)3/h6-9,13H,5,10,15H2,1-4H3. The van der Waals surface area contributed by atoms with Crippen LogP contribution in [-0.2, 0) is 14.8 Å². The molecule has 0 aromatic heterocycles. The van der Waals surface area contributed by atoms with Crippen LogP contribution >= 0.6 is 0 Å². The van der Waals surface area contributed by atoms with Crippen LogP contribution in [0.4, 0.5) is 0 Å². The normalized spacial score (nSPS) is 13.2. The van der Waals surface area contributed by atoms with Gasteiger partial charge in [0.2, 0.25) is 15.9 Å². The van der Waals surface area contributed by atoms with Crippen LogP contribution in [0, 0.1) is 0 Å². The molecule has 1 aromatic carbocycles. The summed E-state index contributed by atoms with van der Waals surface area (Å²) in [4.78, 5) is 13.2. The highest BCUT2D eigenvalue weighted by Crippen LogP contribution is 2.20. The predicted molar refractivity (Wildman–Crippen MR) is 82.2 cm³/mol. The Kier molecular flexibility index (Phi) is 5.88. The molecule has 1 aromatic rings. The number of nitrogens with two attached hydrogens (primary N) is 1. The molecular formula is C14H23N3O3S. The zero-order chi connectivity index (χ0) is 16.2. The van der Waals surface area contributed by atoms with Crippen LogP contribution in [0.15, 0.2) is 29.2 Å². The van der Waals surface area contributed by atoms with Crippen LogP contribution in [0.25, 0.3) is 0 Å². The molecule has 1 unspecified atom stereocenters. The molecule has 0 aliphatic heterocycles. The van der Waals surface area contributed by atoms with Gasteiger partial charge in [-0.1, -0.05) is 19.1 Å². The SMILES string of the molecule is CCC(N)c1cccc(S(=O)(=O)N(C)CC(=O)N(C)C)c1. The summed E-state index contributed by atoms with van der Waals surface area (Å²) in [5.74, 6) is -0.275. The minimum atomic E-state index is -3.70. The maximum Gasteiger partial charge on any atom is 0.243 e. The topological polar surface area (TPSA) is 83.7 Å². The third-order valence-electron chi connectivity index (χ3n) is 3.29. The minimum absolute atomic E-state index is 0.151. The molecule has 1 amide bonds. The van der Waals surface area contributed by atoms with Gasteiger partial charge >= 0.3 is 0 Å². The third kappa shape index (κ3) is 4.26. The number of benzene rings is 1. The molecule has 0 saturated carbocycles. The van der Waals surface area contributed by atoms with Crippen molar-refractivity contribution in [1.82, 2.24) is 9.21 Å². The Balaban J connectivity index is 3.05. The van der Waals surface area contributed by atoms with E-state index in [2.05, 4.69) is 0 Å². The lowest BCUT2D eigenvalue weighted by atomic mass is 10.1. The summed E-state index contributed by atoms with van der Waals surface area (Å²) in [6.45, 7) is 1.74. The molecule has 21 heavy (non-hydrogen) atoms. The van der Waals surface area contributed by atoms with E-state index in [-0.39, 0.29) is 23.4 Å². The second kappa shape index (κ2) is 7.02. The van der Waals surface area contributed by atoms with Gasteiger partial charge in [-0.2, -0.15) is 4.31 Å². The van der Waals surface area contributed by atoms with E-state index >= 15 is 0 Å². The molecule has 2 N–H and O–H groups in total. The van der Waals surface area contributed by atoms with Gasteiger partial charge in [-0.15, -0.1) is 0 Å². The van der Waals surface area contributed by atoms with Gasteiger partial charge in [0, 0.05) is 27.2 Å². The molecule has 0 aliphatic carbocycles. The Bertz CT molecular complexity index is 599. The van der Waals surface area contributed by atoms with E-state index in [0.29, 0.717) is 0 Å². The van der Waals surface area contributed by atoms with Gasteiger partial charge in [-0.05, 0) is 24.1 Å². The summed E-state index contributed by atoms with van der Waals surface area (Å²) >= 11 is 0. The van der Waals surface area contributed by atoms with Crippen molar-refractivity contribution < 1.29 is 13.2 Å². The Morgan fingerprint density at radius 2 is 1.90 bits per heavy atom. The number of carbonyl (C=O) groups is 1. The molecule has 1 atom stereocenters. The maximum absolute atomic E-state index is 12.5. The van der Waals surface area contributed by atoms with Crippen molar-refractivity contribution in [1.29, 1.82) is 0 Å². The largest absolute Gasteiger partial charge is 0.348 e. The van der Waals surface area contributed by atoms with Crippen molar-refractivity contribution in [3.63, 3.8) is 0 Å². The van der Waals surface area contributed by atoms with Gasteiger partial charge in [0.1, 0.15) is 0 Å². The van der Waals surface area contributed by atoms with E-state index in [4.69, 9.17) is 5.73 Å². The molecular weight excluding hydrogens is 290 g/mol. The molecule has 118 valence electrons. The van der Waals surface area contributed by atoms with E-state index in [1.54, 1.807) is 32.3 Å². The fourth-order valence-corrected chi connectivity index (χ4v) is 2.91. The van der Waals surface area contributed by atoms with Crippen LogP contribution < -0.4 is 5.73 Å². The van der Waals surface area contributed by atoms with E-state index < -0.39 is 10.0 Å². The van der Waals surface area contributed by atoms with Crippen LogP contribution in [0.1, 0.15) is 24.9 Å². The predicted octanol–water partition coefficient (Wildman–Crippen LogP) is 0.805. The van der Waals surface area contributed by atoms with Crippen LogP contribution in [0.3, 0.4) is 0 Å². The molecule has 0 spiro atoms. The Morgan fingerprint density at radius 1 is 1.29 bits per heavy atom. The summed E-state index contributed by atoms with van der Waals surface area (Å²) in [7, 11) is 0.864. The highest BCUT2D eigenvalue weighted by molar-refractivity contribution is 7.89. The van der Waals surface area contributed by atoms with Crippen molar-refractivity contribution in [2.24, 2.45) is 5.73 Å². The van der Waals surface area contributed by atoms with Gasteiger partial charge in [-0.25, -0.2) is 8.42 Å². The zero-order valence-electron chi connectivity index (χ0n) is 12.9. The molecule has 0 aliphatic rings. The number of likely N-dealkylation sites (N-methyl/N-ethyl adjacent to an activating group) is 2. The maximum atomic E-state index is 12.5. The first kappa shape index (κ1) is 17.6. The summed E-state index contributed by atoms with van der Waals surface area (Å²) < 4.78 is 26.0. The van der Waals surface area contributed by atoms with Crippen molar-refractivity contribution in [3.8, 4) is 0 Å². The van der Waals surface area contributed by atoms with Crippen LogP contribution in [0.2, 0.25) is 0 Å². The lowest BCUT2D eigenvalue weighted by molar-refractivity contribution is -0.128. The summed E-state index contributed by atoms with van der Waals surface area (Å²) in [6, 6.07) is 6.35. The van der Waals surface area contributed by atoms with Crippen molar-refractivity contribution in [2.75, 3.05) is 27.7 Å². The fourth-order valence-electron chi connectivity index (χ4n) is 1.74. The number of sulfonamides is 1. The number of hydrogen-bond donors (Lipinski definition) is 1. The Labute approximate surface area is 126 Å². The molecule has 7 heteroatoms. The van der Waals surface area contributed by atoms with Crippen molar-refractivity contribution in [2.45, 2.75) is 24.3 Å². The summed E-state index contributed by atoms with van der Waals surface area (Å²) in [6.07, 6.45) is 0.721. The average Bonchev–Trinajstić information content (AvgIpc) is 2.46. The first-order valence-corrected chi connectivity index (χ1v) is 8.16. The lowest BCUT2D eigenvalue weighted by Gasteiger charge is -2.20. The summed E-state index contributed by atoms with van der Waals surface area (Å²) in [5, 5.41) is 0. The van der Waals surface area contributed by atoms with Crippen molar-refractivity contribution in [3.05, 3.63) is 29.8 Å². The van der Waals surface area contributed by atoms with E-state index in [9.17, 15) is 13.2 Å². The van der Waals surface area contributed by atoms with Gasteiger partial charge < -0.3 is 10.6 Å². The molecule has 0 bridgehead atoms. The average molecular weight is 313 g/mol. The van der Waals surface area contributed by atoms with E-state index in [1.807, 2.05) is 6.92 Å². The number of nitrogens with zero attached hydrogens (tertiary/aromatic N) is 2. The smallest absolute Gasteiger partial charge is 0.243 e. The molecule has 6 nitrogen and oxygen atoms in total. The number of carbonyl (C=O) groups excluding carboxylic acids is 1. The van der Waals surface area contributed by atoms with Crippen LogP contribution in [0.5, 0.6) is 0 Å². The third-order valence-corrected chi connectivity index (χ3v) is 5.09. The fraction of sp³-hybridized carbons (Fsp3) is 0.500. The minimum Gasteiger partial charge on any atom is -0.348 e. The lowest BCUT2D eigenvalue weighted by Crippen LogP contribution is -2.37. The molecule has 0 saturated heterocycles. The second-order valence-electron chi connectivity index (χ2n) is 5.14. The molecule has 0 fully saturated rings. The second-order valence-corrected chi connectivity index (χ2v) is 7.18. The highest BCUT2D eigenvalue weighted by atomic mass is 32.2. The quantitative estimate of drug-likeness (QED) is 0.842. The zero-order valence-corrected chi connectivity index (χ0v) is 13.7. The highest BCUT2D eigenvalue weighted by Gasteiger charge is 2.24. The van der Waals surface area contributed by atoms with Gasteiger partial charge in [0.15, 0.2) is 0 Å². The first-order valence-electron chi connectivity index (χ1n) is 6.72. The Hall–Kier alpha value is -1.44. The van der Waals surface area contributed by atoms with Gasteiger partial charge in [0.25, 0.3) is 0 Å². The Morgan fingerprint density at radius 3 is 2.43 bits per heavy atom.